The van der Waals surface area contributed by atoms with Crippen molar-refractivity contribution in [3.05, 3.63) is 65.2 Å². The first kappa shape index (κ1) is 13.5. The largest absolute Gasteiger partial charge is 0.382 e. The lowest BCUT2D eigenvalue weighted by Gasteiger charge is -2.27. The maximum atomic E-state index is 5.96. The summed E-state index contributed by atoms with van der Waals surface area (Å²) in [5, 5.41) is 3.47. The molecular formula is C17H18ClNO. The van der Waals surface area contributed by atoms with E-state index in [1.54, 1.807) is 0 Å². The highest BCUT2D eigenvalue weighted by atomic mass is 35.5. The van der Waals surface area contributed by atoms with Crippen LogP contribution < -0.4 is 5.32 Å². The van der Waals surface area contributed by atoms with Gasteiger partial charge < -0.3 is 10.1 Å². The molecule has 0 aliphatic carbocycles. The van der Waals surface area contributed by atoms with Gasteiger partial charge in [-0.2, -0.15) is 0 Å². The third-order valence-corrected chi connectivity index (χ3v) is 4.02. The fourth-order valence-corrected chi connectivity index (χ4v) is 2.89. The molecule has 1 aliphatic rings. The number of hydrogen-bond donors (Lipinski definition) is 1. The minimum atomic E-state index is 0.114. The van der Waals surface area contributed by atoms with Gasteiger partial charge >= 0.3 is 0 Å². The molecule has 0 fully saturated rings. The summed E-state index contributed by atoms with van der Waals surface area (Å²) in [6, 6.07) is 16.7. The summed E-state index contributed by atoms with van der Waals surface area (Å²) in [6.07, 6.45) is 1.12. The van der Waals surface area contributed by atoms with Crippen LogP contribution >= 0.6 is 11.6 Å². The van der Waals surface area contributed by atoms with Crippen LogP contribution in [0.25, 0.3) is 0 Å². The van der Waals surface area contributed by atoms with Crippen molar-refractivity contribution < 1.29 is 4.74 Å². The number of ether oxygens (including phenoxy) is 1. The second-order valence-electron chi connectivity index (χ2n) is 4.98. The molecule has 0 amide bonds. The molecular weight excluding hydrogens is 270 g/mol. The first-order valence-electron chi connectivity index (χ1n) is 6.95. The van der Waals surface area contributed by atoms with Gasteiger partial charge in [0.25, 0.3) is 0 Å². The molecule has 1 heterocycles. The van der Waals surface area contributed by atoms with Crippen molar-refractivity contribution in [3.63, 3.8) is 0 Å². The van der Waals surface area contributed by atoms with Crippen molar-refractivity contribution in [3.8, 4) is 0 Å². The number of fused-ring (bicyclic) bond motifs is 1. The number of alkyl halides is 1. The SMILES string of the molecule is ClCc1ccccc1NCC1OCCc2ccccc21. The molecule has 0 bridgehead atoms. The van der Waals surface area contributed by atoms with Crippen LogP contribution in [-0.4, -0.2) is 13.2 Å². The Bertz CT molecular complexity index is 585. The van der Waals surface area contributed by atoms with E-state index >= 15 is 0 Å². The van der Waals surface area contributed by atoms with Gasteiger partial charge in [0.1, 0.15) is 0 Å². The second-order valence-corrected chi connectivity index (χ2v) is 5.25. The molecule has 3 heteroatoms. The van der Waals surface area contributed by atoms with E-state index in [4.69, 9.17) is 16.3 Å². The van der Waals surface area contributed by atoms with E-state index in [1.165, 1.54) is 11.1 Å². The number of hydrogen-bond acceptors (Lipinski definition) is 2. The predicted octanol–water partition coefficient (Wildman–Crippen LogP) is 4.15. The molecule has 104 valence electrons. The lowest BCUT2D eigenvalue weighted by atomic mass is 9.97. The lowest BCUT2D eigenvalue weighted by Crippen LogP contribution is -2.23. The Kier molecular flexibility index (Phi) is 4.24. The molecule has 0 saturated heterocycles. The molecule has 2 aromatic carbocycles. The van der Waals surface area contributed by atoms with E-state index in [0.29, 0.717) is 5.88 Å². The van der Waals surface area contributed by atoms with Crippen molar-refractivity contribution >= 4 is 17.3 Å². The summed E-state index contributed by atoms with van der Waals surface area (Å²) < 4.78 is 5.90. The van der Waals surface area contributed by atoms with Crippen LogP contribution in [-0.2, 0) is 17.0 Å². The zero-order chi connectivity index (χ0) is 13.8. The molecule has 0 radical (unpaired) electrons. The summed E-state index contributed by atoms with van der Waals surface area (Å²) in [7, 11) is 0. The summed E-state index contributed by atoms with van der Waals surface area (Å²) in [4.78, 5) is 0. The Balaban J connectivity index is 1.73. The third-order valence-electron chi connectivity index (χ3n) is 3.73. The molecule has 20 heavy (non-hydrogen) atoms. The van der Waals surface area contributed by atoms with Crippen molar-refractivity contribution in [1.82, 2.24) is 0 Å². The zero-order valence-corrected chi connectivity index (χ0v) is 12.1. The Morgan fingerprint density at radius 2 is 1.90 bits per heavy atom. The summed E-state index contributed by atoms with van der Waals surface area (Å²) in [6.45, 7) is 1.56. The van der Waals surface area contributed by atoms with Gasteiger partial charge in [-0.05, 0) is 29.2 Å². The monoisotopic (exact) mass is 287 g/mol. The Hall–Kier alpha value is -1.51. The number of anilines is 1. The topological polar surface area (TPSA) is 21.3 Å². The van der Waals surface area contributed by atoms with Gasteiger partial charge in [0, 0.05) is 18.1 Å². The van der Waals surface area contributed by atoms with E-state index in [2.05, 4.69) is 35.6 Å². The Morgan fingerprint density at radius 1 is 1.10 bits per heavy atom. The van der Waals surface area contributed by atoms with Crippen LogP contribution in [0, 0.1) is 0 Å². The number of halogens is 1. The first-order chi connectivity index (χ1) is 9.88. The normalized spacial score (nSPS) is 17.6. The van der Waals surface area contributed by atoms with Crippen LogP contribution in [0.3, 0.4) is 0 Å². The van der Waals surface area contributed by atoms with Crippen LogP contribution in [0.2, 0.25) is 0 Å². The smallest absolute Gasteiger partial charge is 0.0999 e. The van der Waals surface area contributed by atoms with E-state index in [9.17, 15) is 0 Å². The molecule has 0 saturated carbocycles. The summed E-state index contributed by atoms with van der Waals surface area (Å²) >= 11 is 5.96. The van der Waals surface area contributed by atoms with E-state index < -0.39 is 0 Å². The average Bonchev–Trinajstić information content (AvgIpc) is 2.53. The molecule has 0 aromatic heterocycles. The number of nitrogens with one attached hydrogen (secondary N) is 1. The number of benzene rings is 2. The highest BCUT2D eigenvalue weighted by molar-refractivity contribution is 6.17. The van der Waals surface area contributed by atoms with E-state index in [1.807, 2.05) is 18.2 Å². The summed E-state index contributed by atoms with van der Waals surface area (Å²) in [5.74, 6) is 0.519. The Morgan fingerprint density at radius 3 is 2.80 bits per heavy atom. The highest BCUT2D eigenvalue weighted by Crippen LogP contribution is 2.27. The van der Waals surface area contributed by atoms with Crippen LogP contribution in [0.5, 0.6) is 0 Å². The third kappa shape index (κ3) is 2.82. The van der Waals surface area contributed by atoms with E-state index in [-0.39, 0.29) is 6.10 Å². The van der Waals surface area contributed by atoms with Crippen molar-refractivity contribution in [1.29, 1.82) is 0 Å². The molecule has 2 nitrogen and oxygen atoms in total. The fourth-order valence-electron chi connectivity index (χ4n) is 2.66. The molecule has 3 rings (SSSR count). The van der Waals surface area contributed by atoms with Crippen molar-refractivity contribution in [2.24, 2.45) is 0 Å². The van der Waals surface area contributed by atoms with Gasteiger partial charge in [0.15, 0.2) is 0 Å². The predicted molar refractivity (Wildman–Crippen MR) is 83.3 cm³/mol. The standard InChI is InChI=1S/C17H18ClNO/c18-11-14-6-2-4-8-16(14)19-12-17-15-7-3-1-5-13(15)9-10-20-17/h1-8,17,19H,9-12H2. The number of para-hydroxylation sites is 1. The molecule has 1 unspecified atom stereocenters. The van der Waals surface area contributed by atoms with Crippen LogP contribution in [0.15, 0.2) is 48.5 Å². The molecule has 1 aliphatic heterocycles. The number of rotatable bonds is 4. The fraction of sp³-hybridized carbons (Fsp3) is 0.294. The van der Waals surface area contributed by atoms with Gasteiger partial charge in [0.2, 0.25) is 0 Å². The minimum Gasteiger partial charge on any atom is -0.382 e. The van der Waals surface area contributed by atoms with Crippen molar-refractivity contribution in [2.75, 3.05) is 18.5 Å². The van der Waals surface area contributed by atoms with E-state index in [0.717, 1.165) is 30.8 Å². The molecule has 0 spiro atoms. The van der Waals surface area contributed by atoms with Crippen LogP contribution in [0.4, 0.5) is 5.69 Å². The van der Waals surface area contributed by atoms with Gasteiger partial charge in [-0.1, -0.05) is 42.5 Å². The zero-order valence-electron chi connectivity index (χ0n) is 11.3. The Labute approximate surface area is 124 Å². The van der Waals surface area contributed by atoms with Gasteiger partial charge in [-0.25, -0.2) is 0 Å². The average molecular weight is 288 g/mol. The van der Waals surface area contributed by atoms with Crippen LogP contribution in [0.1, 0.15) is 22.8 Å². The minimum absolute atomic E-state index is 0.114. The highest BCUT2D eigenvalue weighted by Gasteiger charge is 2.20. The maximum absolute atomic E-state index is 5.96. The first-order valence-corrected chi connectivity index (χ1v) is 7.49. The molecule has 2 aromatic rings. The van der Waals surface area contributed by atoms with Gasteiger partial charge in [0.05, 0.1) is 12.7 Å². The summed E-state index contributed by atoms with van der Waals surface area (Å²) in [5.41, 5.74) is 4.91. The maximum Gasteiger partial charge on any atom is 0.0999 e. The van der Waals surface area contributed by atoms with Crippen molar-refractivity contribution in [2.45, 2.75) is 18.4 Å². The molecule has 1 atom stereocenters. The quantitative estimate of drug-likeness (QED) is 0.853. The second kappa shape index (κ2) is 6.29. The van der Waals surface area contributed by atoms with Gasteiger partial charge in [-0.15, -0.1) is 11.6 Å². The van der Waals surface area contributed by atoms with Gasteiger partial charge in [-0.3, -0.25) is 0 Å². The molecule has 1 N–H and O–H groups in total. The lowest BCUT2D eigenvalue weighted by molar-refractivity contribution is 0.0513.